The molecule has 0 spiro atoms. The zero-order valence-corrected chi connectivity index (χ0v) is 10.5. The van der Waals surface area contributed by atoms with Gasteiger partial charge in [0.1, 0.15) is 5.75 Å². The number of anilines is 1. The van der Waals surface area contributed by atoms with E-state index in [-0.39, 0.29) is 18.7 Å². The SMILES string of the molecule is COc1cc(Cl)c(C)cc1NC(=O)CCC#N. The molecule has 0 saturated carbocycles. The van der Waals surface area contributed by atoms with Crippen LogP contribution in [0.5, 0.6) is 5.75 Å². The van der Waals surface area contributed by atoms with Gasteiger partial charge < -0.3 is 10.1 Å². The van der Waals surface area contributed by atoms with Gasteiger partial charge in [0, 0.05) is 23.9 Å². The van der Waals surface area contributed by atoms with E-state index in [0.717, 1.165) is 5.56 Å². The first-order valence-corrected chi connectivity index (χ1v) is 5.47. The molecule has 1 amide bonds. The summed E-state index contributed by atoms with van der Waals surface area (Å²) < 4.78 is 5.12. The van der Waals surface area contributed by atoms with Crippen LogP contribution in [0.1, 0.15) is 18.4 Å². The van der Waals surface area contributed by atoms with Gasteiger partial charge in [0.25, 0.3) is 0 Å². The number of carbonyl (C=O) groups excluding carboxylic acids is 1. The van der Waals surface area contributed by atoms with Crippen molar-refractivity contribution in [3.63, 3.8) is 0 Å². The lowest BCUT2D eigenvalue weighted by Crippen LogP contribution is -2.11. The fourth-order valence-electron chi connectivity index (χ4n) is 1.31. The van der Waals surface area contributed by atoms with Gasteiger partial charge in [-0.2, -0.15) is 5.26 Å². The largest absolute Gasteiger partial charge is 0.495 e. The van der Waals surface area contributed by atoms with Crippen molar-refractivity contribution < 1.29 is 9.53 Å². The van der Waals surface area contributed by atoms with Gasteiger partial charge in [-0.3, -0.25) is 4.79 Å². The first-order chi connectivity index (χ1) is 8.08. The molecule has 17 heavy (non-hydrogen) atoms. The Labute approximate surface area is 105 Å². The fourth-order valence-corrected chi connectivity index (χ4v) is 1.47. The minimum Gasteiger partial charge on any atom is -0.495 e. The Bertz CT molecular complexity index is 466. The Kier molecular flexibility index (Phi) is 4.80. The maximum Gasteiger partial charge on any atom is 0.225 e. The van der Waals surface area contributed by atoms with Crippen molar-refractivity contribution in [1.82, 2.24) is 0 Å². The molecule has 0 radical (unpaired) electrons. The zero-order chi connectivity index (χ0) is 12.8. The van der Waals surface area contributed by atoms with Crippen LogP contribution < -0.4 is 10.1 Å². The lowest BCUT2D eigenvalue weighted by molar-refractivity contribution is -0.116. The van der Waals surface area contributed by atoms with E-state index in [1.54, 1.807) is 12.1 Å². The number of halogens is 1. The van der Waals surface area contributed by atoms with Crippen LogP contribution in [-0.4, -0.2) is 13.0 Å². The molecule has 1 N–H and O–H groups in total. The zero-order valence-electron chi connectivity index (χ0n) is 9.71. The Morgan fingerprint density at radius 1 is 1.59 bits per heavy atom. The number of hydrogen-bond acceptors (Lipinski definition) is 3. The normalized spacial score (nSPS) is 9.53. The van der Waals surface area contributed by atoms with Gasteiger partial charge in [-0.1, -0.05) is 11.6 Å². The molecule has 0 aliphatic carbocycles. The summed E-state index contributed by atoms with van der Waals surface area (Å²) in [6, 6.07) is 5.31. The second-order valence-corrected chi connectivity index (χ2v) is 3.92. The fraction of sp³-hybridized carbons (Fsp3) is 0.333. The number of amides is 1. The van der Waals surface area contributed by atoms with Crippen LogP contribution in [0.2, 0.25) is 5.02 Å². The third-order valence-electron chi connectivity index (χ3n) is 2.22. The number of carbonyl (C=O) groups is 1. The van der Waals surface area contributed by atoms with Crippen molar-refractivity contribution in [1.29, 1.82) is 5.26 Å². The Hall–Kier alpha value is -1.73. The molecule has 0 saturated heterocycles. The molecule has 0 bridgehead atoms. The Morgan fingerprint density at radius 2 is 2.29 bits per heavy atom. The van der Waals surface area contributed by atoms with Crippen molar-refractivity contribution in [3.05, 3.63) is 22.7 Å². The number of rotatable bonds is 4. The second-order valence-electron chi connectivity index (χ2n) is 3.51. The molecule has 5 heteroatoms. The molecule has 1 rings (SSSR count). The maximum atomic E-state index is 11.5. The highest BCUT2D eigenvalue weighted by molar-refractivity contribution is 6.31. The molecule has 0 aliphatic rings. The molecule has 4 nitrogen and oxygen atoms in total. The predicted molar refractivity (Wildman–Crippen MR) is 66.2 cm³/mol. The number of methoxy groups -OCH3 is 1. The number of nitriles is 1. The van der Waals surface area contributed by atoms with Crippen LogP contribution >= 0.6 is 11.6 Å². The van der Waals surface area contributed by atoms with Crippen molar-refractivity contribution in [2.45, 2.75) is 19.8 Å². The number of ether oxygens (including phenoxy) is 1. The summed E-state index contributed by atoms with van der Waals surface area (Å²) in [6.45, 7) is 1.84. The Balaban J connectivity index is 2.87. The molecule has 1 aromatic rings. The van der Waals surface area contributed by atoms with Crippen molar-refractivity contribution in [2.75, 3.05) is 12.4 Å². The smallest absolute Gasteiger partial charge is 0.225 e. The average Bonchev–Trinajstić information content (AvgIpc) is 2.31. The van der Waals surface area contributed by atoms with E-state index in [1.807, 2.05) is 13.0 Å². The summed E-state index contributed by atoms with van der Waals surface area (Å²) in [5.74, 6) is 0.289. The van der Waals surface area contributed by atoms with E-state index in [2.05, 4.69) is 5.32 Å². The average molecular weight is 253 g/mol. The standard InChI is InChI=1S/C12H13ClN2O2/c1-8-6-10(11(17-2)7-9(8)13)15-12(16)4-3-5-14/h6-7H,3-4H2,1-2H3,(H,15,16). The molecule has 0 atom stereocenters. The second kappa shape index (κ2) is 6.12. The number of nitrogens with one attached hydrogen (secondary N) is 1. The van der Waals surface area contributed by atoms with Gasteiger partial charge in [0.2, 0.25) is 5.91 Å². The number of aryl methyl sites for hydroxylation is 1. The van der Waals surface area contributed by atoms with E-state index < -0.39 is 0 Å². The molecule has 90 valence electrons. The maximum absolute atomic E-state index is 11.5. The first-order valence-electron chi connectivity index (χ1n) is 5.09. The Morgan fingerprint density at radius 3 is 2.88 bits per heavy atom. The van der Waals surface area contributed by atoms with Crippen LogP contribution in [0.25, 0.3) is 0 Å². The highest BCUT2D eigenvalue weighted by Crippen LogP contribution is 2.30. The van der Waals surface area contributed by atoms with E-state index in [1.165, 1.54) is 7.11 Å². The van der Waals surface area contributed by atoms with Gasteiger partial charge in [-0.25, -0.2) is 0 Å². The lowest BCUT2D eigenvalue weighted by Gasteiger charge is -2.11. The van der Waals surface area contributed by atoms with Crippen molar-refractivity contribution in [3.8, 4) is 11.8 Å². The van der Waals surface area contributed by atoms with Gasteiger partial charge in [-0.05, 0) is 18.6 Å². The topological polar surface area (TPSA) is 62.1 Å². The molecular formula is C12H13ClN2O2. The molecule has 0 fully saturated rings. The number of benzene rings is 1. The summed E-state index contributed by atoms with van der Waals surface area (Å²) in [5, 5.41) is 11.7. The molecule has 0 aliphatic heterocycles. The number of hydrogen-bond donors (Lipinski definition) is 1. The first kappa shape index (κ1) is 13.3. The summed E-state index contributed by atoms with van der Waals surface area (Å²) in [6.07, 6.45) is 0.363. The predicted octanol–water partition coefficient (Wildman–Crippen LogP) is 2.90. The summed E-state index contributed by atoms with van der Waals surface area (Å²) in [5.41, 5.74) is 1.42. The minimum absolute atomic E-state index is 0.168. The summed E-state index contributed by atoms with van der Waals surface area (Å²) in [7, 11) is 1.51. The molecule has 0 aromatic heterocycles. The van der Waals surface area contributed by atoms with Crippen LogP contribution in [0.3, 0.4) is 0 Å². The lowest BCUT2D eigenvalue weighted by atomic mass is 10.2. The highest BCUT2D eigenvalue weighted by atomic mass is 35.5. The molecule has 0 heterocycles. The van der Waals surface area contributed by atoms with Gasteiger partial charge >= 0.3 is 0 Å². The minimum atomic E-state index is -0.216. The molecule has 1 aromatic carbocycles. The summed E-state index contributed by atoms with van der Waals surface area (Å²) >= 11 is 5.95. The van der Waals surface area contributed by atoms with Crippen LogP contribution in [0, 0.1) is 18.3 Å². The molecule has 0 unspecified atom stereocenters. The van der Waals surface area contributed by atoms with Gasteiger partial charge in [0.15, 0.2) is 0 Å². The third-order valence-corrected chi connectivity index (χ3v) is 2.63. The van der Waals surface area contributed by atoms with Crippen molar-refractivity contribution >= 4 is 23.2 Å². The van der Waals surface area contributed by atoms with Crippen LogP contribution in [0.4, 0.5) is 5.69 Å². The number of nitrogens with zero attached hydrogens (tertiary/aromatic N) is 1. The van der Waals surface area contributed by atoms with E-state index in [4.69, 9.17) is 21.6 Å². The monoisotopic (exact) mass is 252 g/mol. The van der Waals surface area contributed by atoms with E-state index >= 15 is 0 Å². The van der Waals surface area contributed by atoms with Gasteiger partial charge in [-0.15, -0.1) is 0 Å². The quantitative estimate of drug-likeness (QED) is 0.896. The van der Waals surface area contributed by atoms with Crippen molar-refractivity contribution in [2.24, 2.45) is 0 Å². The highest BCUT2D eigenvalue weighted by Gasteiger charge is 2.09. The van der Waals surface area contributed by atoms with E-state index in [0.29, 0.717) is 16.5 Å². The van der Waals surface area contributed by atoms with Crippen LogP contribution in [-0.2, 0) is 4.79 Å². The summed E-state index contributed by atoms with van der Waals surface area (Å²) in [4.78, 5) is 11.5. The van der Waals surface area contributed by atoms with Gasteiger partial charge in [0.05, 0.1) is 18.9 Å². The van der Waals surface area contributed by atoms with Crippen LogP contribution in [0.15, 0.2) is 12.1 Å². The van der Waals surface area contributed by atoms with E-state index in [9.17, 15) is 4.79 Å². The molecular weight excluding hydrogens is 240 g/mol. The third kappa shape index (κ3) is 3.65.